The summed E-state index contributed by atoms with van der Waals surface area (Å²) in [6, 6.07) is 9.76. The Morgan fingerprint density at radius 2 is 1.55 bits per heavy atom. The SMILES string of the molecule is COc1c(C)cc(NS(=O)(=O)c2ccc(-n3c(=O)c(C(C)C)c(C)n3C)cc2)cc1C. The summed E-state index contributed by atoms with van der Waals surface area (Å²) in [6.45, 7) is 9.61. The van der Waals surface area contributed by atoms with Gasteiger partial charge in [0.25, 0.3) is 15.6 Å². The van der Waals surface area contributed by atoms with E-state index >= 15 is 0 Å². The van der Waals surface area contributed by atoms with Crippen molar-refractivity contribution in [3.05, 3.63) is 69.1 Å². The molecule has 0 aliphatic heterocycles. The number of anilines is 1. The first-order valence-electron chi connectivity index (χ1n) is 10.0. The van der Waals surface area contributed by atoms with Crippen LogP contribution in [0, 0.1) is 20.8 Å². The fraction of sp³-hybridized carbons (Fsp3) is 0.348. The number of sulfonamides is 1. The first-order chi connectivity index (χ1) is 14.5. The van der Waals surface area contributed by atoms with E-state index in [0.717, 1.165) is 28.1 Å². The largest absolute Gasteiger partial charge is 0.496 e. The number of benzene rings is 2. The number of ether oxygens (including phenoxy) is 1. The summed E-state index contributed by atoms with van der Waals surface area (Å²) in [6.07, 6.45) is 0. The van der Waals surface area contributed by atoms with E-state index in [-0.39, 0.29) is 16.4 Å². The molecule has 0 bridgehead atoms. The molecule has 0 atom stereocenters. The third-order valence-electron chi connectivity index (χ3n) is 5.48. The molecule has 3 rings (SSSR count). The Kier molecular flexibility index (Phi) is 6.04. The molecule has 1 heterocycles. The average Bonchev–Trinajstić information content (AvgIpc) is 2.90. The predicted molar refractivity (Wildman–Crippen MR) is 123 cm³/mol. The monoisotopic (exact) mass is 443 g/mol. The first-order valence-corrected chi connectivity index (χ1v) is 11.5. The molecule has 0 fully saturated rings. The average molecular weight is 444 g/mol. The van der Waals surface area contributed by atoms with E-state index in [0.29, 0.717) is 11.4 Å². The third kappa shape index (κ3) is 4.12. The lowest BCUT2D eigenvalue weighted by molar-refractivity contribution is 0.408. The normalized spacial score (nSPS) is 11.7. The molecule has 0 radical (unpaired) electrons. The van der Waals surface area contributed by atoms with Gasteiger partial charge < -0.3 is 4.74 Å². The molecular weight excluding hydrogens is 414 g/mol. The molecular formula is C23H29N3O4S. The van der Waals surface area contributed by atoms with Crippen molar-refractivity contribution in [1.29, 1.82) is 0 Å². The van der Waals surface area contributed by atoms with Gasteiger partial charge in [-0.05, 0) is 74.2 Å². The number of nitrogens with zero attached hydrogens (tertiary/aromatic N) is 2. The maximum absolute atomic E-state index is 12.9. The van der Waals surface area contributed by atoms with E-state index in [1.165, 1.54) is 12.1 Å². The van der Waals surface area contributed by atoms with E-state index in [2.05, 4.69) is 4.72 Å². The lowest BCUT2D eigenvalue weighted by atomic mass is 10.0. The summed E-state index contributed by atoms with van der Waals surface area (Å²) in [4.78, 5) is 13.0. The Morgan fingerprint density at radius 3 is 2.00 bits per heavy atom. The Hall–Kier alpha value is -3.00. The first kappa shape index (κ1) is 22.7. The highest BCUT2D eigenvalue weighted by atomic mass is 32.2. The van der Waals surface area contributed by atoms with Gasteiger partial charge in [0.15, 0.2) is 0 Å². The molecule has 1 aromatic heterocycles. The summed E-state index contributed by atoms with van der Waals surface area (Å²) in [7, 11) is -0.377. The number of nitrogens with one attached hydrogen (secondary N) is 1. The van der Waals surface area contributed by atoms with Crippen LogP contribution in [-0.2, 0) is 17.1 Å². The quantitative estimate of drug-likeness (QED) is 0.623. The maximum Gasteiger partial charge on any atom is 0.275 e. The van der Waals surface area contributed by atoms with Crippen LogP contribution < -0.4 is 15.0 Å². The van der Waals surface area contributed by atoms with Crippen molar-refractivity contribution in [2.45, 2.75) is 45.4 Å². The number of aromatic nitrogens is 2. The fourth-order valence-corrected chi connectivity index (χ4v) is 5.04. The third-order valence-corrected chi connectivity index (χ3v) is 6.88. The molecule has 0 saturated carbocycles. The zero-order valence-corrected chi connectivity index (χ0v) is 19.8. The fourth-order valence-electron chi connectivity index (χ4n) is 4.00. The smallest absolute Gasteiger partial charge is 0.275 e. The van der Waals surface area contributed by atoms with Crippen molar-refractivity contribution in [2.75, 3.05) is 11.8 Å². The molecule has 0 saturated heterocycles. The van der Waals surface area contributed by atoms with Crippen LogP contribution in [0.2, 0.25) is 0 Å². The van der Waals surface area contributed by atoms with Crippen LogP contribution in [0.4, 0.5) is 5.69 Å². The van der Waals surface area contributed by atoms with Gasteiger partial charge in [-0.3, -0.25) is 14.2 Å². The standard InChI is InChI=1S/C23H29N3O4S/c1-14(2)21-17(5)25(6)26(23(21)27)19-8-10-20(11-9-19)31(28,29)24-18-12-15(3)22(30-7)16(4)13-18/h8-14,24H,1-7H3. The van der Waals surface area contributed by atoms with Gasteiger partial charge in [0.1, 0.15) is 5.75 Å². The Morgan fingerprint density at radius 1 is 1.00 bits per heavy atom. The zero-order chi connectivity index (χ0) is 23.1. The Bertz CT molecular complexity index is 1260. The Balaban J connectivity index is 1.95. The zero-order valence-electron chi connectivity index (χ0n) is 19.0. The van der Waals surface area contributed by atoms with Crippen molar-refractivity contribution in [1.82, 2.24) is 9.36 Å². The highest BCUT2D eigenvalue weighted by molar-refractivity contribution is 7.92. The molecule has 0 unspecified atom stereocenters. The molecule has 31 heavy (non-hydrogen) atoms. The molecule has 0 spiro atoms. The highest BCUT2D eigenvalue weighted by Gasteiger charge is 2.20. The molecule has 2 aromatic carbocycles. The van der Waals surface area contributed by atoms with Gasteiger partial charge in [-0.15, -0.1) is 0 Å². The number of hydrogen-bond acceptors (Lipinski definition) is 4. The lowest BCUT2D eigenvalue weighted by Gasteiger charge is -2.14. The molecule has 0 aliphatic rings. The van der Waals surface area contributed by atoms with Crippen LogP contribution >= 0.6 is 0 Å². The molecule has 166 valence electrons. The second-order valence-corrected chi connectivity index (χ2v) is 9.72. The minimum absolute atomic E-state index is 0.0899. The van der Waals surface area contributed by atoms with Crippen molar-refractivity contribution in [2.24, 2.45) is 7.05 Å². The summed E-state index contributed by atoms with van der Waals surface area (Å²) in [5, 5.41) is 0. The van der Waals surface area contributed by atoms with Crippen LogP contribution in [0.5, 0.6) is 5.75 Å². The van der Waals surface area contributed by atoms with E-state index in [4.69, 9.17) is 4.74 Å². The van der Waals surface area contributed by atoms with Crippen molar-refractivity contribution >= 4 is 15.7 Å². The van der Waals surface area contributed by atoms with Gasteiger partial charge in [0, 0.05) is 24.0 Å². The second kappa shape index (κ2) is 8.26. The molecule has 0 amide bonds. The van der Waals surface area contributed by atoms with Gasteiger partial charge in [-0.2, -0.15) is 0 Å². The molecule has 3 aromatic rings. The molecule has 1 N–H and O–H groups in total. The maximum atomic E-state index is 12.9. The van der Waals surface area contributed by atoms with Gasteiger partial charge in [-0.25, -0.2) is 13.1 Å². The summed E-state index contributed by atoms with van der Waals surface area (Å²) in [5.41, 5.74) is 4.32. The topological polar surface area (TPSA) is 82.3 Å². The molecule has 8 heteroatoms. The number of aryl methyl sites for hydroxylation is 2. The number of hydrogen-bond donors (Lipinski definition) is 1. The van der Waals surface area contributed by atoms with Gasteiger partial charge >= 0.3 is 0 Å². The van der Waals surface area contributed by atoms with Crippen LogP contribution in [0.25, 0.3) is 5.69 Å². The van der Waals surface area contributed by atoms with E-state index < -0.39 is 10.0 Å². The molecule has 7 nitrogen and oxygen atoms in total. The van der Waals surface area contributed by atoms with E-state index in [9.17, 15) is 13.2 Å². The van der Waals surface area contributed by atoms with Crippen molar-refractivity contribution in [3.8, 4) is 11.4 Å². The lowest BCUT2D eigenvalue weighted by Crippen LogP contribution is -2.21. The van der Waals surface area contributed by atoms with E-state index in [1.807, 2.05) is 41.7 Å². The minimum Gasteiger partial charge on any atom is -0.496 e. The number of methoxy groups -OCH3 is 1. The van der Waals surface area contributed by atoms with Crippen molar-refractivity contribution in [3.63, 3.8) is 0 Å². The minimum atomic E-state index is -3.79. The van der Waals surface area contributed by atoms with Gasteiger partial charge in [0.05, 0.1) is 17.7 Å². The van der Waals surface area contributed by atoms with Gasteiger partial charge in [-0.1, -0.05) is 13.8 Å². The predicted octanol–water partition coefficient (Wildman–Crippen LogP) is 4.03. The summed E-state index contributed by atoms with van der Waals surface area (Å²) >= 11 is 0. The summed E-state index contributed by atoms with van der Waals surface area (Å²) < 4.78 is 37.1. The van der Waals surface area contributed by atoms with Crippen molar-refractivity contribution < 1.29 is 13.2 Å². The highest BCUT2D eigenvalue weighted by Crippen LogP contribution is 2.28. The molecule has 0 aliphatic carbocycles. The van der Waals surface area contributed by atoms with Crippen LogP contribution in [0.15, 0.2) is 46.1 Å². The van der Waals surface area contributed by atoms with Crippen LogP contribution in [-0.4, -0.2) is 24.9 Å². The van der Waals surface area contributed by atoms with Crippen LogP contribution in [0.3, 0.4) is 0 Å². The van der Waals surface area contributed by atoms with Gasteiger partial charge in [0.2, 0.25) is 0 Å². The number of rotatable bonds is 6. The van der Waals surface area contributed by atoms with Crippen LogP contribution in [0.1, 0.15) is 42.1 Å². The van der Waals surface area contributed by atoms with E-state index in [1.54, 1.807) is 40.7 Å². The summed E-state index contributed by atoms with van der Waals surface area (Å²) in [5.74, 6) is 0.830. The Labute approximate surface area is 183 Å². The second-order valence-electron chi connectivity index (χ2n) is 8.04.